The molecule has 0 fully saturated rings. The normalized spacial score (nSPS) is 10.9. The molecular formula is C25H25N3O3S. The fourth-order valence-corrected chi connectivity index (χ4v) is 4.46. The highest BCUT2D eigenvalue weighted by molar-refractivity contribution is 7.20. The zero-order valence-corrected chi connectivity index (χ0v) is 18.9. The number of ether oxygens (including phenoxy) is 1. The lowest BCUT2D eigenvalue weighted by molar-refractivity contribution is 0.103. The highest BCUT2D eigenvalue weighted by Crippen LogP contribution is 2.28. The molecule has 7 heteroatoms. The Balaban J connectivity index is 1.54. The summed E-state index contributed by atoms with van der Waals surface area (Å²) in [4.78, 5) is 31.5. The number of benzene rings is 2. The van der Waals surface area contributed by atoms with Gasteiger partial charge in [0.25, 0.3) is 11.5 Å². The van der Waals surface area contributed by atoms with Crippen molar-refractivity contribution < 1.29 is 9.53 Å². The molecule has 164 valence electrons. The SMILES string of the molecule is CCCCOc1ccc(NC(=O)c2sc3ncn(Cc4ccccc4)c(=O)c3c2C)cc1. The van der Waals surface area contributed by atoms with Crippen LogP contribution >= 0.6 is 11.3 Å². The first-order valence-corrected chi connectivity index (χ1v) is 11.4. The van der Waals surface area contributed by atoms with E-state index in [4.69, 9.17) is 4.74 Å². The van der Waals surface area contributed by atoms with Crippen LogP contribution in [0.3, 0.4) is 0 Å². The Kier molecular flexibility index (Phi) is 6.66. The third-order valence-corrected chi connectivity index (χ3v) is 6.40. The monoisotopic (exact) mass is 447 g/mol. The predicted molar refractivity (Wildman–Crippen MR) is 129 cm³/mol. The number of hydrogen-bond acceptors (Lipinski definition) is 5. The molecule has 0 bridgehead atoms. The van der Waals surface area contributed by atoms with Gasteiger partial charge in [-0.15, -0.1) is 11.3 Å². The van der Waals surface area contributed by atoms with Gasteiger partial charge < -0.3 is 10.1 Å². The maximum absolute atomic E-state index is 13.1. The summed E-state index contributed by atoms with van der Waals surface area (Å²) in [6.07, 6.45) is 3.63. The van der Waals surface area contributed by atoms with Crippen LogP contribution in [-0.4, -0.2) is 22.1 Å². The minimum Gasteiger partial charge on any atom is -0.494 e. The number of hydrogen-bond donors (Lipinski definition) is 1. The lowest BCUT2D eigenvalue weighted by atomic mass is 10.2. The lowest BCUT2D eigenvalue weighted by Crippen LogP contribution is -2.21. The molecule has 0 unspecified atom stereocenters. The maximum atomic E-state index is 13.1. The smallest absolute Gasteiger partial charge is 0.266 e. The quantitative estimate of drug-likeness (QED) is 0.375. The van der Waals surface area contributed by atoms with Gasteiger partial charge in [-0.3, -0.25) is 14.2 Å². The number of anilines is 1. The van der Waals surface area contributed by atoms with E-state index in [-0.39, 0.29) is 11.5 Å². The van der Waals surface area contributed by atoms with Crippen molar-refractivity contribution in [2.75, 3.05) is 11.9 Å². The first-order chi connectivity index (χ1) is 15.6. The van der Waals surface area contributed by atoms with Crippen LogP contribution in [0.15, 0.2) is 65.7 Å². The summed E-state index contributed by atoms with van der Waals surface area (Å²) >= 11 is 1.24. The van der Waals surface area contributed by atoms with E-state index in [1.165, 1.54) is 11.3 Å². The fourth-order valence-electron chi connectivity index (χ4n) is 3.43. The molecule has 1 amide bonds. The Morgan fingerprint density at radius 3 is 2.59 bits per heavy atom. The average molecular weight is 448 g/mol. The first-order valence-electron chi connectivity index (χ1n) is 10.6. The zero-order chi connectivity index (χ0) is 22.5. The number of nitrogens with one attached hydrogen (secondary N) is 1. The van der Waals surface area contributed by atoms with Crippen molar-refractivity contribution >= 4 is 33.1 Å². The van der Waals surface area contributed by atoms with Crippen molar-refractivity contribution in [1.29, 1.82) is 0 Å². The third-order valence-electron chi connectivity index (χ3n) is 5.20. The summed E-state index contributed by atoms with van der Waals surface area (Å²) < 4.78 is 7.24. The number of fused-ring (bicyclic) bond motifs is 1. The van der Waals surface area contributed by atoms with Crippen molar-refractivity contribution in [3.05, 3.63) is 87.3 Å². The van der Waals surface area contributed by atoms with Gasteiger partial charge in [0.1, 0.15) is 10.6 Å². The minimum atomic E-state index is -0.251. The van der Waals surface area contributed by atoms with Crippen LogP contribution in [0.2, 0.25) is 0 Å². The highest BCUT2D eigenvalue weighted by Gasteiger charge is 2.19. The van der Waals surface area contributed by atoms with Crippen LogP contribution in [0.1, 0.15) is 40.6 Å². The van der Waals surface area contributed by atoms with Gasteiger partial charge in [0.05, 0.1) is 29.7 Å². The van der Waals surface area contributed by atoms with Crippen molar-refractivity contribution in [2.45, 2.75) is 33.2 Å². The van der Waals surface area contributed by atoms with Gasteiger partial charge in [0.15, 0.2) is 0 Å². The Labute approximate surface area is 190 Å². The van der Waals surface area contributed by atoms with Crippen LogP contribution in [0.5, 0.6) is 5.75 Å². The van der Waals surface area contributed by atoms with E-state index < -0.39 is 0 Å². The number of amides is 1. The van der Waals surface area contributed by atoms with Gasteiger partial charge in [-0.25, -0.2) is 4.98 Å². The molecule has 4 rings (SSSR count). The van der Waals surface area contributed by atoms with Crippen LogP contribution < -0.4 is 15.6 Å². The molecule has 0 saturated heterocycles. The predicted octanol–water partition coefficient (Wildman–Crippen LogP) is 5.25. The van der Waals surface area contributed by atoms with E-state index in [0.29, 0.717) is 39.5 Å². The molecule has 2 aromatic carbocycles. The van der Waals surface area contributed by atoms with Crippen LogP contribution in [-0.2, 0) is 6.54 Å². The molecule has 0 aliphatic heterocycles. The summed E-state index contributed by atoms with van der Waals surface area (Å²) in [6.45, 7) is 5.03. The summed E-state index contributed by atoms with van der Waals surface area (Å²) in [7, 11) is 0. The summed E-state index contributed by atoms with van der Waals surface area (Å²) in [5.41, 5.74) is 2.20. The number of carbonyl (C=O) groups is 1. The van der Waals surface area contributed by atoms with Gasteiger partial charge in [-0.2, -0.15) is 0 Å². The summed E-state index contributed by atoms with van der Waals surface area (Å²) in [5.74, 6) is 0.525. The standard InChI is InChI=1S/C25H25N3O3S/c1-3-4-14-31-20-12-10-19(11-13-20)27-23(29)22-17(2)21-24(32-22)26-16-28(25(21)30)15-18-8-6-5-7-9-18/h5-13,16H,3-4,14-15H2,1-2H3,(H,27,29). The molecule has 0 atom stereocenters. The molecule has 0 spiro atoms. The zero-order valence-electron chi connectivity index (χ0n) is 18.1. The largest absolute Gasteiger partial charge is 0.494 e. The summed E-state index contributed by atoms with van der Waals surface area (Å²) in [6, 6.07) is 17.1. The van der Waals surface area contributed by atoms with Crippen molar-refractivity contribution in [3.8, 4) is 5.75 Å². The minimum absolute atomic E-state index is 0.139. The van der Waals surface area contributed by atoms with Gasteiger partial charge in [0.2, 0.25) is 0 Å². The number of carbonyl (C=O) groups excluding carboxylic acids is 1. The Morgan fingerprint density at radius 1 is 1.12 bits per heavy atom. The maximum Gasteiger partial charge on any atom is 0.266 e. The molecule has 0 saturated carbocycles. The molecule has 4 aromatic rings. The molecule has 6 nitrogen and oxygen atoms in total. The van der Waals surface area contributed by atoms with E-state index in [9.17, 15) is 9.59 Å². The molecule has 2 heterocycles. The topological polar surface area (TPSA) is 73.2 Å². The van der Waals surface area contributed by atoms with E-state index in [1.54, 1.807) is 17.8 Å². The first kappa shape index (κ1) is 21.8. The Morgan fingerprint density at radius 2 is 1.88 bits per heavy atom. The molecule has 2 aromatic heterocycles. The van der Waals surface area contributed by atoms with Gasteiger partial charge in [-0.1, -0.05) is 43.7 Å². The second-order valence-corrected chi connectivity index (χ2v) is 8.58. The van der Waals surface area contributed by atoms with E-state index in [0.717, 1.165) is 24.2 Å². The van der Waals surface area contributed by atoms with Gasteiger partial charge in [0, 0.05) is 5.69 Å². The number of nitrogens with zero attached hydrogens (tertiary/aromatic N) is 2. The number of thiophene rings is 1. The number of rotatable bonds is 8. The number of aromatic nitrogens is 2. The van der Waals surface area contributed by atoms with Crippen molar-refractivity contribution in [3.63, 3.8) is 0 Å². The third kappa shape index (κ3) is 4.73. The molecule has 0 radical (unpaired) electrons. The molecule has 0 aliphatic rings. The Bertz CT molecular complexity index is 1280. The second-order valence-electron chi connectivity index (χ2n) is 7.58. The van der Waals surface area contributed by atoms with Crippen molar-refractivity contribution in [2.24, 2.45) is 0 Å². The van der Waals surface area contributed by atoms with Gasteiger partial charge in [-0.05, 0) is 48.7 Å². The number of aryl methyl sites for hydroxylation is 1. The summed E-state index contributed by atoms with van der Waals surface area (Å²) in [5, 5.41) is 3.41. The molecule has 0 aliphatic carbocycles. The van der Waals surface area contributed by atoms with E-state index in [2.05, 4.69) is 17.2 Å². The average Bonchev–Trinajstić information content (AvgIpc) is 3.15. The van der Waals surface area contributed by atoms with Crippen LogP contribution in [0, 0.1) is 6.92 Å². The van der Waals surface area contributed by atoms with Crippen molar-refractivity contribution in [1.82, 2.24) is 9.55 Å². The second kappa shape index (κ2) is 9.78. The van der Waals surface area contributed by atoms with E-state index in [1.807, 2.05) is 54.6 Å². The highest BCUT2D eigenvalue weighted by atomic mass is 32.1. The molecule has 32 heavy (non-hydrogen) atoms. The fraction of sp³-hybridized carbons (Fsp3) is 0.240. The van der Waals surface area contributed by atoms with Crippen LogP contribution in [0.25, 0.3) is 10.2 Å². The number of unbranched alkanes of at least 4 members (excludes halogenated alkanes) is 1. The molecule has 1 N–H and O–H groups in total. The molecular weight excluding hydrogens is 422 g/mol. The lowest BCUT2D eigenvalue weighted by Gasteiger charge is -2.08. The van der Waals surface area contributed by atoms with Crippen LogP contribution in [0.4, 0.5) is 5.69 Å². The van der Waals surface area contributed by atoms with E-state index >= 15 is 0 Å². The van der Waals surface area contributed by atoms with Gasteiger partial charge >= 0.3 is 0 Å². The Hall–Kier alpha value is -3.45.